The first kappa shape index (κ1) is 15.9. The maximum Gasteiger partial charge on any atom is 0.281 e. The molecular weight excluding hydrogens is 250 g/mol. The lowest BCUT2D eigenvalue weighted by Crippen LogP contribution is -2.45. The molecule has 1 rings (SSSR count). The highest BCUT2D eigenvalue weighted by Gasteiger charge is 2.36. The monoisotopic (exact) mass is 277 g/mol. The third-order valence-corrected chi connectivity index (χ3v) is 5.74. The van der Waals surface area contributed by atoms with E-state index in [1.54, 1.807) is 14.1 Å². The molecule has 0 aromatic carbocycles. The van der Waals surface area contributed by atoms with Crippen LogP contribution in [0.25, 0.3) is 0 Å². The van der Waals surface area contributed by atoms with Gasteiger partial charge in [-0.15, -0.1) is 0 Å². The third kappa shape index (κ3) is 4.19. The zero-order valence-electron chi connectivity index (χ0n) is 12.0. The first-order valence-corrected chi connectivity index (χ1v) is 8.21. The molecular formula is C12H27N3O2S. The largest absolute Gasteiger partial charge is 0.317 e. The van der Waals surface area contributed by atoms with Crippen LogP contribution in [-0.4, -0.2) is 56.8 Å². The van der Waals surface area contributed by atoms with Gasteiger partial charge in [0.15, 0.2) is 0 Å². The minimum atomic E-state index is -3.29. The van der Waals surface area contributed by atoms with Crippen molar-refractivity contribution in [3.63, 3.8) is 0 Å². The Bertz CT molecular complexity index is 341. The van der Waals surface area contributed by atoms with E-state index in [4.69, 9.17) is 0 Å². The fourth-order valence-electron chi connectivity index (χ4n) is 2.02. The van der Waals surface area contributed by atoms with E-state index < -0.39 is 10.2 Å². The van der Waals surface area contributed by atoms with Gasteiger partial charge in [-0.05, 0) is 45.2 Å². The lowest BCUT2D eigenvalue weighted by atomic mass is 10.2. The SMILES string of the molecule is CCNCCCN(C)S(=O)(=O)N(C)C(C)C1CC1. The van der Waals surface area contributed by atoms with Gasteiger partial charge in [0.2, 0.25) is 0 Å². The summed E-state index contributed by atoms with van der Waals surface area (Å²) in [5, 5.41) is 3.20. The highest BCUT2D eigenvalue weighted by Crippen LogP contribution is 2.35. The van der Waals surface area contributed by atoms with Crippen LogP contribution in [0.1, 0.15) is 33.1 Å². The highest BCUT2D eigenvalue weighted by atomic mass is 32.2. The van der Waals surface area contributed by atoms with Crippen molar-refractivity contribution in [1.82, 2.24) is 13.9 Å². The summed E-state index contributed by atoms with van der Waals surface area (Å²) in [5.74, 6) is 0.555. The van der Waals surface area contributed by atoms with Crippen molar-refractivity contribution >= 4 is 10.2 Å². The first-order chi connectivity index (χ1) is 8.41. The van der Waals surface area contributed by atoms with E-state index >= 15 is 0 Å². The topological polar surface area (TPSA) is 52.7 Å². The predicted octanol–water partition coefficient (Wildman–Crippen LogP) is 0.893. The number of hydrogen-bond donors (Lipinski definition) is 1. The Kier molecular flexibility index (Phi) is 6.04. The van der Waals surface area contributed by atoms with Crippen molar-refractivity contribution in [1.29, 1.82) is 0 Å². The molecule has 1 aliphatic rings. The van der Waals surface area contributed by atoms with Crippen LogP contribution in [0.2, 0.25) is 0 Å². The lowest BCUT2D eigenvalue weighted by molar-refractivity contribution is 0.321. The van der Waals surface area contributed by atoms with Gasteiger partial charge in [0.25, 0.3) is 10.2 Å². The van der Waals surface area contributed by atoms with E-state index in [9.17, 15) is 8.42 Å². The normalized spacial score (nSPS) is 18.6. The third-order valence-electron chi connectivity index (χ3n) is 3.71. The minimum Gasteiger partial charge on any atom is -0.317 e. The Morgan fingerprint density at radius 2 is 1.94 bits per heavy atom. The molecule has 0 aliphatic heterocycles. The second-order valence-electron chi connectivity index (χ2n) is 5.13. The molecule has 1 saturated carbocycles. The summed E-state index contributed by atoms with van der Waals surface area (Å²) in [5.41, 5.74) is 0. The molecule has 0 spiro atoms. The Hall–Kier alpha value is -0.170. The second-order valence-corrected chi connectivity index (χ2v) is 7.23. The molecule has 108 valence electrons. The zero-order chi connectivity index (χ0) is 13.8. The van der Waals surface area contributed by atoms with Crippen molar-refractivity contribution in [3.05, 3.63) is 0 Å². The fourth-order valence-corrected chi connectivity index (χ4v) is 3.42. The van der Waals surface area contributed by atoms with Gasteiger partial charge in [-0.1, -0.05) is 6.92 Å². The van der Waals surface area contributed by atoms with Crippen molar-refractivity contribution < 1.29 is 8.42 Å². The van der Waals surface area contributed by atoms with Crippen LogP contribution in [0.15, 0.2) is 0 Å². The molecule has 6 heteroatoms. The quantitative estimate of drug-likeness (QED) is 0.637. The van der Waals surface area contributed by atoms with Crippen LogP contribution in [0.5, 0.6) is 0 Å². The molecule has 0 bridgehead atoms. The summed E-state index contributed by atoms with van der Waals surface area (Å²) in [6.07, 6.45) is 3.16. The van der Waals surface area contributed by atoms with Crippen molar-refractivity contribution in [3.8, 4) is 0 Å². The molecule has 0 saturated heterocycles. The van der Waals surface area contributed by atoms with Crippen LogP contribution < -0.4 is 5.32 Å². The van der Waals surface area contributed by atoms with Crippen LogP contribution in [0.4, 0.5) is 0 Å². The molecule has 0 aromatic heterocycles. The van der Waals surface area contributed by atoms with E-state index in [1.165, 1.54) is 8.61 Å². The van der Waals surface area contributed by atoms with Gasteiger partial charge in [0.1, 0.15) is 0 Å². The second kappa shape index (κ2) is 6.84. The summed E-state index contributed by atoms with van der Waals surface area (Å²) in [6.45, 7) is 6.40. The molecule has 1 N–H and O–H groups in total. The van der Waals surface area contributed by atoms with Crippen LogP contribution in [0.3, 0.4) is 0 Å². The van der Waals surface area contributed by atoms with Crippen LogP contribution in [0, 0.1) is 5.92 Å². The van der Waals surface area contributed by atoms with Gasteiger partial charge in [-0.3, -0.25) is 0 Å². The van der Waals surface area contributed by atoms with E-state index in [0.717, 1.165) is 32.4 Å². The average Bonchev–Trinajstić information content (AvgIpc) is 3.16. The van der Waals surface area contributed by atoms with E-state index in [-0.39, 0.29) is 6.04 Å². The van der Waals surface area contributed by atoms with E-state index in [1.807, 2.05) is 13.8 Å². The number of nitrogens with one attached hydrogen (secondary N) is 1. The minimum absolute atomic E-state index is 0.117. The summed E-state index contributed by atoms with van der Waals surface area (Å²) in [6, 6.07) is 0.117. The predicted molar refractivity (Wildman–Crippen MR) is 74.7 cm³/mol. The van der Waals surface area contributed by atoms with Gasteiger partial charge in [-0.25, -0.2) is 0 Å². The van der Waals surface area contributed by atoms with Gasteiger partial charge >= 0.3 is 0 Å². The number of nitrogens with zero attached hydrogens (tertiary/aromatic N) is 2. The summed E-state index contributed by atoms with van der Waals surface area (Å²) in [7, 11) is 0.0661. The molecule has 5 nitrogen and oxygen atoms in total. The van der Waals surface area contributed by atoms with Crippen molar-refractivity contribution in [2.45, 2.75) is 39.2 Å². The first-order valence-electron chi connectivity index (χ1n) is 6.81. The molecule has 1 aliphatic carbocycles. The molecule has 0 heterocycles. The maximum absolute atomic E-state index is 12.3. The maximum atomic E-state index is 12.3. The standard InChI is InChI=1S/C12H27N3O2S/c1-5-13-9-6-10-14(3)18(16,17)15(4)11(2)12-7-8-12/h11-13H,5-10H2,1-4H3. The lowest BCUT2D eigenvalue weighted by Gasteiger charge is -2.29. The Balaban J connectivity index is 2.45. The summed E-state index contributed by atoms with van der Waals surface area (Å²) in [4.78, 5) is 0. The molecule has 0 radical (unpaired) electrons. The Labute approximate surface area is 112 Å². The van der Waals surface area contributed by atoms with Gasteiger partial charge in [0, 0.05) is 26.7 Å². The molecule has 1 unspecified atom stereocenters. The zero-order valence-corrected chi connectivity index (χ0v) is 12.8. The van der Waals surface area contributed by atoms with Gasteiger partial charge in [0.05, 0.1) is 0 Å². The molecule has 0 amide bonds. The fraction of sp³-hybridized carbons (Fsp3) is 1.00. The van der Waals surface area contributed by atoms with Gasteiger partial charge < -0.3 is 5.32 Å². The molecule has 1 atom stereocenters. The van der Waals surface area contributed by atoms with Crippen molar-refractivity contribution in [2.75, 3.05) is 33.7 Å². The number of rotatable bonds is 9. The highest BCUT2D eigenvalue weighted by molar-refractivity contribution is 7.86. The Morgan fingerprint density at radius 3 is 2.44 bits per heavy atom. The summed E-state index contributed by atoms with van der Waals surface area (Å²) >= 11 is 0. The van der Waals surface area contributed by atoms with Gasteiger partial charge in [-0.2, -0.15) is 17.0 Å². The van der Waals surface area contributed by atoms with Crippen LogP contribution in [-0.2, 0) is 10.2 Å². The van der Waals surface area contributed by atoms with E-state index in [0.29, 0.717) is 12.5 Å². The average molecular weight is 277 g/mol. The smallest absolute Gasteiger partial charge is 0.281 e. The van der Waals surface area contributed by atoms with E-state index in [2.05, 4.69) is 5.32 Å². The molecule has 18 heavy (non-hydrogen) atoms. The van der Waals surface area contributed by atoms with Crippen molar-refractivity contribution in [2.24, 2.45) is 5.92 Å². The molecule has 1 fully saturated rings. The van der Waals surface area contributed by atoms with Crippen LogP contribution >= 0.6 is 0 Å². The molecule has 0 aromatic rings. The number of hydrogen-bond acceptors (Lipinski definition) is 3. The summed E-state index contributed by atoms with van der Waals surface area (Å²) < 4.78 is 27.6. The Morgan fingerprint density at radius 1 is 1.33 bits per heavy atom.